The summed E-state index contributed by atoms with van der Waals surface area (Å²) in [5.74, 6) is 1.90. The number of aromatic nitrogens is 3. The third-order valence-corrected chi connectivity index (χ3v) is 5.15. The van der Waals surface area contributed by atoms with Crippen molar-refractivity contribution in [3.63, 3.8) is 0 Å². The zero-order valence-corrected chi connectivity index (χ0v) is 14.3. The van der Waals surface area contributed by atoms with Crippen molar-refractivity contribution < 1.29 is 5.11 Å². The Labute approximate surface area is 147 Å². The molecule has 0 bridgehead atoms. The molecule has 0 aliphatic carbocycles. The van der Waals surface area contributed by atoms with E-state index in [9.17, 15) is 5.11 Å². The van der Waals surface area contributed by atoms with E-state index >= 15 is 0 Å². The standard InChI is InChI=1S/C18H24N6O/c25-13-16-2-1-7-24(16)18-12-17(20-14-21-18)23-10-8-22(9-11-23)15-3-5-19-6-4-15/h3-6,12,14,16,25H,1-2,7-11,13H2. The van der Waals surface area contributed by atoms with E-state index in [0.717, 1.165) is 57.2 Å². The third-order valence-electron chi connectivity index (χ3n) is 5.15. The van der Waals surface area contributed by atoms with Crippen LogP contribution < -0.4 is 14.7 Å². The summed E-state index contributed by atoms with van der Waals surface area (Å²) in [7, 11) is 0. The Bertz CT molecular complexity index is 689. The number of hydrogen-bond acceptors (Lipinski definition) is 7. The second kappa shape index (κ2) is 7.23. The Morgan fingerprint density at radius 1 is 0.960 bits per heavy atom. The van der Waals surface area contributed by atoms with Crippen molar-refractivity contribution in [2.45, 2.75) is 18.9 Å². The van der Waals surface area contributed by atoms with Gasteiger partial charge in [0.15, 0.2) is 0 Å². The molecule has 2 aromatic heterocycles. The van der Waals surface area contributed by atoms with Crippen molar-refractivity contribution in [3.8, 4) is 0 Å². The van der Waals surface area contributed by atoms with Crippen LogP contribution in [0.5, 0.6) is 0 Å². The van der Waals surface area contributed by atoms with Crippen LogP contribution in [0.15, 0.2) is 36.9 Å². The molecule has 2 saturated heterocycles. The van der Waals surface area contributed by atoms with Gasteiger partial charge in [-0.1, -0.05) is 0 Å². The molecule has 0 radical (unpaired) electrons. The molecule has 4 rings (SSSR count). The lowest BCUT2D eigenvalue weighted by Gasteiger charge is -2.37. The van der Waals surface area contributed by atoms with Crippen LogP contribution in [0.3, 0.4) is 0 Å². The average Bonchev–Trinajstić information content (AvgIpc) is 3.18. The van der Waals surface area contributed by atoms with E-state index < -0.39 is 0 Å². The Hall–Kier alpha value is -2.41. The lowest BCUT2D eigenvalue weighted by atomic mass is 10.2. The summed E-state index contributed by atoms with van der Waals surface area (Å²) in [6, 6.07) is 6.36. The van der Waals surface area contributed by atoms with Crippen molar-refractivity contribution >= 4 is 17.3 Å². The SMILES string of the molecule is OCC1CCCN1c1cc(N2CCN(c3ccncc3)CC2)ncn1. The normalized spacial score (nSPS) is 21.0. The van der Waals surface area contributed by atoms with Gasteiger partial charge in [-0.3, -0.25) is 4.98 Å². The zero-order chi connectivity index (χ0) is 17.1. The topological polar surface area (TPSA) is 68.6 Å². The van der Waals surface area contributed by atoms with Gasteiger partial charge in [-0.25, -0.2) is 9.97 Å². The average molecular weight is 340 g/mol. The zero-order valence-electron chi connectivity index (χ0n) is 14.3. The molecule has 2 fully saturated rings. The number of piperazine rings is 1. The van der Waals surface area contributed by atoms with Gasteiger partial charge in [-0.05, 0) is 25.0 Å². The Kier molecular flexibility index (Phi) is 4.65. The van der Waals surface area contributed by atoms with Crippen LogP contribution in [0.2, 0.25) is 0 Å². The summed E-state index contributed by atoms with van der Waals surface area (Å²) < 4.78 is 0. The van der Waals surface area contributed by atoms with Crippen molar-refractivity contribution in [2.24, 2.45) is 0 Å². The monoisotopic (exact) mass is 340 g/mol. The summed E-state index contributed by atoms with van der Waals surface area (Å²) in [6.45, 7) is 4.94. The molecule has 1 N–H and O–H groups in total. The Balaban J connectivity index is 1.44. The maximum atomic E-state index is 9.55. The van der Waals surface area contributed by atoms with E-state index in [4.69, 9.17) is 0 Å². The van der Waals surface area contributed by atoms with Gasteiger partial charge in [-0.2, -0.15) is 0 Å². The molecule has 2 aromatic rings. The van der Waals surface area contributed by atoms with Crippen LogP contribution in [0.25, 0.3) is 0 Å². The second-order valence-corrected chi connectivity index (χ2v) is 6.59. The van der Waals surface area contributed by atoms with Gasteiger partial charge < -0.3 is 19.8 Å². The van der Waals surface area contributed by atoms with Gasteiger partial charge in [0.25, 0.3) is 0 Å². The molecule has 4 heterocycles. The molecule has 0 aromatic carbocycles. The summed E-state index contributed by atoms with van der Waals surface area (Å²) in [4.78, 5) is 19.9. The summed E-state index contributed by atoms with van der Waals surface area (Å²) in [6.07, 6.45) is 7.46. The fourth-order valence-corrected chi connectivity index (χ4v) is 3.74. The van der Waals surface area contributed by atoms with Crippen LogP contribution >= 0.6 is 0 Å². The largest absolute Gasteiger partial charge is 0.394 e. The van der Waals surface area contributed by atoms with Crippen LogP contribution in [0, 0.1) is 0 Å². The first-order valence-corrected chi connectivity index (χ1v) is 8.94. The number of aliphatic hydroxyl groups excluding tert-OH is 1. The third kappa shape index (κ3) is 3.37. The number of aliphatic hydroxyl groups is 1. The highest BCUT2D eigenvalue weighted by Crippen LogP contribution is 2.26. The molecule has 7 heteroatoms. The van der Waals surface area contributed by atoms with Crippen molar-refractivity contribution in [1.82, 2.24) is 15.0 Å². The fraction of sp³-hybridized carbons (Fsp3) is 0.500. The molecule has 0 spiro atoms. The minimum atomic E-state index is 0.184. The molecule has 0 amide bonds. The van der Waals surface area contributed by atoms with Crippen LogP contribution in [-0.4, -0.2) is 65.4 Å². The van der Waals surface area contributed by atoms with Gasteiger partial charge in [0.1, 0.15) is 18.0 Å². The highest BCUT2D eigenvalue weighted by molar-refractivity contribution is 5.53. The van der Waals surface area contributed by atoms with Crippen LogP contribution in [0.4, 0.5) is 17.3 Å². The first kappa shape index (κ1) is 16.1. The highest BCUT2D eigenvalue weighted by atomic mass is 16.3. The predicted molar refractivity (Wildman–Crippen MR) is 98.1 cm³/mol. The summed E-state index contributed by atoms with van der Waals surface area (Å²) in [5.41, 5.74) is 1.22. The van der Waals surface area contributed by atoms with Crippen LogP contribution in [-0.2, 0) is 0 Å². The molecule has 132 valence electrons. The Morgan fingerprint density at radius 2 is 1.68 bits per heavy atom. The number of anilines is 3. The van der Waals surface area contributed by atoms with Gasteiger partial charge in [0, 0.05) is 56.9 Å². The summed E-state index contributed by atoms with van der Waals surface area (Å²) in [5, 5.41) is 9.55. The lowest BCUT2D eigenvalue weighted by molar-refractivity contribution is 0.266. The van der Waals surface area contributed by atoms with E-state index in [1.807, 2.05) is 12.4 Å². The number of nitrogens with zero attached hydrogens (tertiary/aromatic N) is 6. The van der Waals surface area contributed by atoms with Crippen LogP contribution in [0.1, 0.15) is 12.8 Å². The molecule has 2 aliphatic heterocycles. The van der Waals surface area contributed by atoms with E-state index in [1.165, 1.54) is 5.69 Å². The lowest BCUT2D eigenvalue weighted by Crippen LogP contribution is -2.47. The quantitative estimate of drug-likeness (QED) is 0.896. The molecule has 2 aliphatic rings. The van der Waals surface area contributed by atoms with Gasteiger partial charge in [0.05, 0.1) is 12.6 Å². The highest BCUT2D eigenvalue weighted by Gasteiger charge is 2.26. The smallest absolute Gasteiger partial charge is 0.134 e. The fourth-order valence-electron chi connectivity index (χ4n) is 3.74. The van der Waals surface area contributed by atoms with Gasteiger partial charge in [0.2, 0.25) is 0 Å². The molecule has 1 unspecified atom stereocenters. The number of hydrogen-bond donors (Lipinski definition) is 1. The molecule has 25 heavy (non-hydrogen) atoms. The molecule has 1 atom stereocenters. The first-order valence-electron chi connectivity index (χ1n) is 8.94. The molecular weight excluding hydrogens is 316 g/mol. The first-order chi connectivity index (χ1) is 12.3. The maximum absolute atomic E-state index is 9.55. The number of rotatable bonds is 4. The minimum Gasteiger partial charge on any atom is -0.394 e. The Morgan fingerprint density at radius 3 is 2.44 bits per heavy atom. The molecule has 0 saturated carbocycles. The predicted octanol–water partition coefficient (Wildman–Crippen LogP) is 1.16. The minimum absolute atomic E-state index is 0.184. The van der Waals surface area contributed by atoms with E-state index in [-0.39, 0.29) is 12.6 Å². The van der Waals surface area contributed by atoms with E-state index in [2.05, 4.69) is 47.9 Å². The van der Waals surface area contributed by atoms with Crippen molar-refractivity contribution in [1.29, 1.82) is 0 Å². The van der Waals surface area contributed by atoms with Gasteiger partial charge >= 0.3 is 0 Å². The van der Waals surface area contributed by atoms with E-state index in [1.54, 1.807) is 6.33 Å². The van der Waals surface area contributed by atoms with Crippen molar-refractivity contribution in [3.05, 3.63) is 36.9 Å². The number of pyridine rings is 1. The second-order valence-electron chi connectivity index (χ2n) is 6.59. The maximum Gasteiger partial charge on any atom is 0.134 e. The molecule has 7 nitrogen and oxygen atoms in total. The van der Waals surface area contributed by atoms with Crippen molar-refractivity contribution in [2.75, 3.05) is 54.0 Å². The molecular formula is C18H24N6O. The van der Waals surface area contributed by atoms with E-state index in [0.29, 0.717) is 0 Å². The summed E-state index contributed by atoms with van der Waals surface area (Å²) >= 11 is 0. The van der Waals surface area contributed by atoms with Gasteiger partial charge in [-0.15, -0.1) is 0 Å².